The Morgan fingerprint density at radius 1 is 1.11 bits per heavy atom. The van der Waals surface area contributed by atoms with Crippen LogP contribution in [0.25, 0.3) is 11.3 Å². The first-order chi connectivity index (χ1) is 13.0. The number of carbonyl (C=O) groups excluding carboxylic acids is 1. The van der Waals surface area contributed by atoms with Crippen molar-refractivity contribution in [2.45, 2.75) is 26.7 Å². The van der Waals surface area contributed by atoms with Crippen LogP contribution in [0, 0.1) is 6.92 Å². The average molecular weight is 382 g/mol. The third-order valence-electron chi connectivity index (χ3n) is 4.12. The minimum atomic E-state index is -0.314. The van der Waals surface area contributed by atoms with Crippen molar-refractivity contribution < 1.29 is 4.79 Å². The lowest BCUT2D eigenvalue weighted by Gasteiger charge is -2.09. The van der Waals surface area contributed by atoms with Gasteiger partial charge in [-0.2, -0.15) is 0 Å². The van der Waals surface area contributed by atoms with E-state index in [4.69, 9.17) is 0 Å². The maximum Gasteiger partial charge on any atom is 0.277 e. The van der Waals surface area contributed by atoms with Crippen LogP contribution in [-0.4, -0.2) is 35.2 Å². The molecule has 0 aliphatic rings. The molecule has 0 unspecified atom stereocenters. The summed E-state index contributed by atoms with van der Waals surface area (Å²) in [4.78, 5) is 19.9. The van der Waals surface area contributed by atoms with Crippen molar-refractivity contribution in [1.29, 1.82) is 0 Å². The van der Waals surface area contributed by atoms with Gasteiger partial charge in [-0.25, -0.2) is 4.98 Å². The molecule has 0 spiro atoms. The fraction of sp³-hybridized carbons (Fsp3) is 0.300. The Hall–Kier alpha value is -2.80. The zero-order valence-electron chi connectivity index (χ0n) is 16.0. The largest absolute Gasteiger partial charge is 0.361 e. The van der Waals surface area contributed by atoms with E-state index in [1.807, 2.05) is 25.9 Å². The van der Waals surface area contributed by atoms with Crippen LogP contribution in [0.5, 0.6) is 0 Å². The standard InChI is InChI=1S/C20H23N5OS/c1-5-6-14-7-9-15(10-8-14)18-13(2)27-20(21-18)22-19(26)16-11-12-17(24-23-16)25(3)4/h7-12H,5-6H2,1-4H3,(H,21,22,26). The third-order valence-corrected chi connectivity index (χ3v) is 5.01. The van der Waals surface area contributed by atoms with Crippen LogP contribution in [-0.2, 0) is 6.42 Å². The molecular weight excluding hydrogens is 358 g/mol. The van der Waals surface area contributed by atoms with Gasteiger partial charge in [0.1, 0.15) is 0 Å². The van der Waals surface area contributed by atoms with Gasteiger partial charge in [-0.15, -0.1) is 21.5 Å². The summed E-state index contributed by atoms with van der Waals surface area (Å²) in [5, 5.41) is 11.4. The van der Waals surface area contributed by atoms with Gasteiger partial charge in [0.15, 0.2) is 16.6 Å². The van der Waals surface area contributed by atoms with Crippen LogP contribution >= 0.6 is 11.3 Å². The van der Waals surface area contributed by atoms with Gasteiger partial charge < -0.3 is 4.90 Å². The van der Waals surface area contributed by atoms with Gasteiger partial charge in [0.25, 0.3) is 5.91 Å². The van der Waals surface area contributed by atoms with Gasteiger partial charge >= 0.3 is 0 Å². The number of nitrogens with zero attached hydrogens (tertiary/aromatic N) is 4. The zero-order chi connectivity index (χ0) is 19.4. The van der Waals surface area contributed by atoms with E-state index >= 15 is 0 Å². The highest BCUT2D eigenvalue weighted by atomic mass is 32.1. The maximum atomic E-state index is 12.4. The number of anilines is 2. The molecule has 27 heavy (non-hydrogen) atoms. The van der Waals surface area contributed by atoms with Crippen LogP contribution in [0.1, 0.15) is 34.3 Å². The summed E-state index contributed by atoms with van der Waals surface area (Å²) in [6, 6.07) is 11.9. The highest BCUT2D eigenvalue weighted by Gasteiger charge is 2.14. The Morgan fingerprint density at radius 2 is 1.85 bits per heavy atom. The SMILES string of the molecule is CCCc1ccc(-c2nc(NC(=O)c3ccc(N(C)C)nn3)sc2C)cc1. The lowest BCUT2D eigenvalue weighted by atomic mass is 10.1. The number of aromatic nitrogens is 3. The summed E-state index contributed by atoms with van der Waals surface area (Å²) in [5.74, 6) is 0.386. The predicted molar refractivity (Wildman–Crippen MR) is 111 cm³/mol. The maximum absolute atomic E-state index is 12.4. The van der Waals surface area contributed by atoms with E-state index in [-0.39, 0.29) is 11.6 Å². The number of carbonyl (C=O) groups is 1. The normalized spacial score (nSPS) is 10.7. The van der Waals surface area contributed by atoms with Gasteiger partial charge in [-0.1, -0.05) is 37.6 Å². The first-order valence-corrected chi connectivity index (χ1v) is 9.68. The van der Waals surface area contributed by atoms with Crippen molar-refractivity contribution in [3.8, 4) is 11.3 Å². The number of rotatable bonds is 6. The Bertz CT molecular complexity index is 917. The summed E-state index contributed by atoms with van der Waals surface area (Å²) in [7, 11) is 3.75. The Morgan fingerprint density at radius 3 is 2.44 bits per heavy atom. The molecule has 2 aromatic heterocycles. The van der Waals surface area contributed by atoms with E-state index in [2.05, 4.69) is 51.7 Å². The molecule has 0 aliphatic carbocycles. The van der Waals surface area contributed by atoms with Gasteiger partial charge in [0.05, 0.1) is 5.69 Å². The second-order valence-corrected chi connectivity index (χ2v) is 7.70. The first-order valence-electron chi connectivity index (χ1n) is 8.87. The van der Waals surface area contributed by atoms with Crippen molar-refractivity contribution in [3.05, 3.63) is 52.5 Å². The molecule has 2 heterocycles. The summed E-state index contributed by atoms with van der Waals surface area (Å²) in [5.41, 5.74) is 3.54. The fourth-order valence-electron chi connectivity index (χ4n) is 2.68. The molecule has 0 saturated heterocycles. The van der Waals surface area contributed by atoms with Crippen LogP contribution in [0.15, 0.2) is 36.4 Å². The van der Waals surface area contributed by atoms with Gasteiger partial charge in [0, 0.05) is 24.5 Å². The average Bonchev–Trinajstić information content (AvgIpc) is 3.02. The van der Waals surface area contributed by atoms with E-state index < -0.39 is 0 Å². The number of amides is 1. The molecule has 0 fully saturated rings. The van der Waals surface area contributed by atoms with Crippen LogP contribution < -0.4 is 10.2 Å². The van der Waals surface area contributed by atoms with E-state index in [1.165, 1.54) is 16.9 Å². The number of hydrogen-bond donors (Lipinski definition) is 1. The molecule has 0 aliphatic heterocycles. The number of nitrogens with one attached hydrogen (secondary N) is 1. The third kappa shape index (κ3) is 4.49. The molecule has 0 radical (unpaired) electrons. The minimum Gasteiger partial charge on any atom is -0.361 e. The van der Waals surface area contributed by atoms with E-state index in [0.29, 0.717) is 10.9 Å². The summed E-state index contributed by atoms with van der Waals surface area (Å²) >= 11 is 1.46. The van der Waals surface area contributed by atoms with Crippen molar-refractivity contribution >= 4 is 28.2 Å². The molecular formula is C20H23N5OS. The van der Waals surface area contributed by atoms with E-state index in [1.54, 1.807) is 12.1 Å². The first kappa shape index (κ1) is 19.0. The second-order valence-electron chi connectivity index (χ2n) is 6.50. The molecule has 3 rings (SSSR count). The van der Waals surface area contributed by atoms with E-state index in [9.17, 15) is 4.79 Å². The van der Waals surface area contributed by atoms with E-state index in [0.717, 1.165) is 29.0 Å². The number of benzene rings is 1. The number of hydrogen-bond acceptors (Lipinski definition) is 6. The van der Waals surface area contributed by atoms with Crippen molar-refractivity contribution in [1.82, 2.24) is 15.2 Å². The fourth-order valence-corrected chi connectivity index (χ4v) is 3.51. The monoisotopic (exact) mass is 381 g/mol. The molecule has 0 atom stereocenters. The van der Waals surface area contributed by atoms with Gasteiger partial charge in [0.2, 0.25) is 0 Å². The van der Waals surface area contributed by atoms with Crippen molar-refractivity contribution in [2.75, 3.05) is 24.3 Å². The molecule has 1 aromatic carbocycles. The predicted octanol–water partition coefficient (Wildman–Crippen LogP) is 4.18. The molecule has 1 amide bonds. The summed E-state index contributed by atoms with van der Waals surface area (Å²) in [6.07, 6.45) is 2.20. The molecule has 0 saturated carbocycles. The minimum absolute atomic E-state index is 0.263. The molecule has 7 heteroatoms. The van der Waals surface area contributed by atoms with Crippen LogP contribution in [0.2, 0.25) is 0 Å². The second kappa shape index (κ2) is 8.26. The van der Waals surface area contributed by atoms with Gasteiger partial charge in [-0.3, -0.25) is 10.1 Å². The smallest absolute Gasteiger partial charge is 0.277 e. The molecule has 3 aromatic rings. The molecule has 1 N–H and O–H groups in total. The van der Waals surface area contributed by atoms with Crippen LogP contribution in [0.4, 0.5) is 10.9 Å². The number of aryl methyl sites for hydroxylation is 2. The summed E-state index contributed by atoms with van der Waals surface area (Å²) < 4.78 is 0. The van der Waals surface area contributed by atoms with Crippen molar-refractivity contribution in [3.63, 3.8) is 0 Å². The Balaban J connectivity index is 1.74. The lowest BCUT2D eigenvalue weighted by molar-refractivity contribution is 0.102. The Labute approximate surface area is 163 Å². The molecule has 140 valence electrons. The molecule has 0 bridgehead atoms. The Kier molecular flexibility index (Phi) is 5.81. The summed E-state index contributed by atoms with van der Waals surface area (Å²) in [6.45, 7) is 4.18. The highest BCUT2D eigenvalue weighted by molar-refractivity contribution is 7.16. The molecule has 6 nitrogen and oxygen atoms in total. The topological polar surface area (TPSA) is 71.0 Å². The highest BCUT2D eigenvalue weighted by Crippen LogP contribution is 2.30. The zero-order valence-corrected chi connectivity index (χ0v) is 16.8. The number of thiazole rings is 1. The van der Waals surface area contributed by atoms with Gasteiger partial charge in [-0.05, 0) is 31.0 Å². The van der Waals surface area contributed by atoms with Crippen LogP contribution in [0.3, 0.4) is 0 Å². The van der Waals surface area contributed by atoms with Crippen molar-refractivity contribution in [2.24, 2.45) is 0 Å². The quantitative estimate of drug-likeness (QED) is 0.693. The lowest BCUT2D eigenvalue weighted by Crippen LogP contribution is -2.16.